The number of carbonyl (C=O) groups excluding carboxylic acids is 1. The molecule has 1 fully saturated rings. The number of aliphatic carboxylic acids is 1. The number of hydrogen-bond acceptors (Lipinski definition) is 8. The normalized spacial score (nSPS) is 15.6. The summed E-state index contributed by atoms with van der Waals surface area (Å²) in [5.74, 6) is -1.43. The van der Waals surface area contributed by atoms with E-state index in [1.807, 2.05) is 6.07 Å². The number of piperazine rings is 1. The number of nitrogens with one attached hydrogen (secondary N) is 1. The third-order valence-corrected chi connectivity index (χ3v) is 6.35. The van der Waals surface area contributed by atoms with Crippen LogP contribution >= 0.6 is 0 Å². The molecule has 10 nitrogen and oxygen atoms in total. The second-order valence-electron chi connectivity index (χ2n) is 9.76. The van der Waals surface area contributed by atoms with E-state index in [1.54, 1.807) is 24.0 Å². The van der Waals surface area contributed by atoms with Crippen molar-refractivity contribution in [2.45, 2.75) is 52.5 Å². The second-order valence-corrected chi connectivity index (χ2v) is 9.76. The Morgan fingerprint density at radius 2 is 1.77 bits per heavy atom. The first-order valence-electron chi connectivity index (χ1n) is 12.7. The molecular weight excluding hydrogens is 534 g/mol. The molecule has 2 aromatic rings. The number of carboxylic acid groups (broad SMARTS) is 1. The molecule has 14 heteroatoms. The number of amides is 1. The summed E-state index contributed by atoms with van der Waals surface area (Å²) in [6.45, 7) is 10.5. The summed E-state index contributed by atoms with van der Waals surface area (Å²) in [5, 5.41) is 19.5. The number of hydrogen-bond donors (Lipinski definition) is 2. The lowest BCUT2D eigenvalue weighted by Crippen LogP contribution is -2.47. The molecule has 2 N–H and O–H groups in total. The fourth-order valence-corrected chi connectivity index (χ4v) is 4.29. The molecular formula is C26H31F4N7O3. The lowest BCUT2D eigenvalue weighted by Gasteiger charge is -2.37. The van der Waals surface area contributed by atoms with Crippen molar-refractivity contribution in [2.24, 2.45) is 0 Å². The van der Waals surface area contributed by atoms with Gasteiger partial charge in [-0.3, -0.25) is 9.69 Å². The van der Waals surface area contributed by atoms with Gasteiger partial charge in [-0.25, -0.2) is 19.2 Å². The molecule has 0 saturated carbocycles. The molecule has 0 radical (unpaired) electrons. The molecule has 40 heavy (non-hydrogen) atoms. The number of halogens is 4. The molecule has 1 aromatic carbocycles. The average Bonchev–Trinajstić information content (AvgIpc) is 2.89. The van der Waals surface area contributed by atoms with Crippen molar-refractivity contribution in [3.63, 3.8) is 0 Å². The molecule has 0 spiro atoms. The summed E-state index contributed by atoms with van der Waals surface area (Å²) < 4.78 is 46.0. The maximum absolute atomic E-state index is 14.3. The number of fused-ring (bicyclic) bond motifs is 1. The van der Waals surface area contributed by atoms with Crippen molar-refractivity contribution in [1.29, 1.82) is 5.26 Å². The van der Waals surface area contributed by atoms with Gasteiger partial charge in [-0.05, 0) is 26.0 Å². The number of anilines is 2. The van der Waals surface area contributed by atoms with Crippen LogP contribution in [-0.2, 0) is 29.1 Å². The fraction of sp³-hybridized carbons (Fsp3) is 0.500. The van der Waals surface area contributed by atoms with Crippen LogP contribution in [0.1, 0.15) is 43.3 Å². The van der Waals surface area contributed by atoms with Crippen molar-refractivity contribution in [3.8, 4) is 6.07 Å². The highest BCUT2D eigenvalue weighted by Crippen LogP contribution is 2.28. The zero-order valence-corrected chi connectivity index (χ0v) is 22.4. The maximum atomic E-state index is 14.3. The van der Waals surface area contributed by atoms with Crippen LogP contribution in [0.4, 0.5) is 29.2 Å². The molecule has 0 bridgehead atoms. The lowest BCUT2D eigenvalue weighted by atomic mass is 10.1. The van der Waals surface area contributed by atoms with Crippen LogP contribution in [0, 0.1) is 17.1 Å². The van der Waals surface area contributed by atoms with E-state index in [-0.39, 0.29) is 17.8 Å². The molecule has 0 atom stereocenters. The summed E-state index contributed by atoms with van der Waals surface area (Å²) in [7, 11) is 0. The highest BCUT2D eigenvalue weighted by Gasteiger charge is 2.38. The van der Waals surface area contributed by atoms with Crippen molar-refractivity contribution in [1.82, 2.24) is 19.8 Å². The molecule has 3 heterocycles. The quantitative estimate of drug-likeness (QED) is 0.526. The van der Waals surface area contributed by atoms with Gasteiger partial charge in [0, 0.05) is 64.2 Å². The molecule has 0 unspecified atom stereocenters. The smallest absolute Gasteiger partial charge is 0.475 e. The minimum Gasteiger partial charge on any atom is -0.475 e. The van der Waals surface area contributed by atoms with Crippen LogP contribution in [-0.4, -0.2) is 81.7 Å². The van der Waals surface area contributed by atoms with Crippen LogP contribution in [0.25, 0.3) is 0 Å². The van der Waals surface area contributed by atoms with Gasteiger partial charge in [0.15, 0.2) is 11.6 Å². The van der Waals surface area contributed by atoms with Crippen LogP contribution in [0.2, 0.25) is 0 Å². The van der Waals surface area contributed by atoms with E-state index in [2.05, 4.69) is 29.0 Å². The molecule has 2 aliphatic rings. The van der Waals surface area contributed by atoms with E-state index in [0.29, 0.717) is 37.2 Å². The molecule has 1 aromatic heterocycles. The highest BCUT2D eigenvalue weighted by molar-refractivity contribution is 5.74. The second kappa shape index (κ2) is 12.9. The Labute approximate surface area is 229 Å². The number of rotatable bonds is 5. The van der Waals surface area contributed by atoms with E-state index in [1.165, 1.54) is 6.07 Å². The van der Waals surface area contributed by atoms with E-state index < -0.39 is 12.1 Å². The Kier molecular flexibility index (Phi) is 9.86. The average molecular weight is 566 g/mol. The van der Waals surface area contributed by atoms with Gasteiger partial charge in [0.2, 0.25) is 5.91 Å². The maximum Gasteiger partial charge on any atom is 0.490 e. The number of alkyl halides is 3. The monoisotopic (exact) mass is 565 g/mol. The van der Waals surface area contributed by atoms with Crippen molar-refractivity contribution in [3.05, 3.63) is 46.5 Å². The third-order valence-electron chi connectivity index (χ3n) is 6.35. The van der Waals surface area contributed by atoms with Crippen LogP contribution in [0.5, 0.6) is 0 Å². The summed E-state index contributed by atoms with van der Waals surface area (Å²) >= 11 is 0. The van der Waals surface area contributed by atoms with E-state index in [0.717, 1.165) is 49.2 Å². The first kappa shape index (κ1) is 30.6. The lowest BCUT2D eigenvalue weighted by molar-refractivity contribution is -0.192. The minimum absolute atomic E-state index is 0.0553. The first-order valence-corrected chi connectivity index (χ1v) is 12.7. The van der Waals surface area contributed by atoms with Gasteiger partial charge in [0.25, 0.3) is 0 Å². The summed E-state index contributed by atoms with van der Waals surface area (Å²) in [4.78, 5) is 36.8. The Morgan fingerprint density at radius 3 is 2.30 bits per heavy atom. The van der Waals surface area contributed by atoms with E-state index in [9.17, 15) is 22.4 Å². The van der Waals surface area contributed by atoms with Crippen molar-refractivity contribution >= 4 is 23.5 Å². The minimum atomic E-state index is -5.08. The number of carbonyl (C=O) groups is 2. The van der Waals surface area contributed by atoms with E-state index >= 15 is 0 Å². The largest absolute Gasteiger partial charge is 0.490 e. The Hall–Kier alpha value is -3.99. The van der Waals surface area contributed by atoms with Gasteiger partial charge in [-0.2, -0.15) is 18.4 Å². The van der Waals surface area contributed by atoms with Gasteiger partial charge >= 0.3 is 12.1 Å². The fourth-order valence-electron chi connectivity index (χ4n) is 4.29. The van der Waals surface area contributed by atoms with E-state index in [4.69, 9.17) is 25.1 Å². The predicted octanol–water partition coefficient (Wildman–Crippen LogP) is 3.17. The number of aromatic nitrogens is 2. The summed E-state index contributed by atoms with van der Waals surface area (Å²) in [5.41, 5.74) is 2.76. The Bertz CT molecular complexity index is 1270. The number of nitriles is 1. The zero-order chi connectivity index (χ0) is 29.6. The molecule has 4 rings (SSSR count). The number of nitrogens with zero attached hydrogens (tertiary/aromatic N) is 6. The number of benzene rings is 1. The van der Waals surface area contributed by atoms with Gasteiger partial charge < -0.3 is 20.2 Å². The molecule has 1 amide bonds. The summed E-state index contributed by atoms with van der Waals surface area (Å²) in [6.07, 6.45) is -4.38. The molecule has 0 aliphatic carbocycles. The van der Waals surface area contributed by atoms with Crippen LogP contribution < -0.4 is 10.2 Å². The SMILES string of the molecule is CC(=O)N1CCc2nc(N3CCN(Cc4ccc(C#N)cc4F)CC3)c(NC(C)C)nc2C1.O=C(O)C(F)(F)F. The topological polar surface area (TPSA) is 126 Å². The van der Waals surface area contributed by atoms with Gasteiger partial charge in [0.1, 0.15) is 5.82 Å². The van der Waals surface area contributed by atoms with Crippen molar-refractivity contribution in [2.75, 3.05) is 42.9 Å². The van der Waals surface area contributed by atoms with Crippen LogP contribution in [0.3, 0.4) is 0 Å². The van der Waals surface area contributed by atoms with Crippen LogP contribution in [0.15, 0.2) is 18.2 Å². The highest BCUT2D eigenvalue weighted by atomic mass is 19.4. The van der Waals surface area contributed by atoms with Crippen molar-refractivity contribution < 1.29 is 32.3 Å². The third kappa shape index (κ3) is 8.01. The zero-order valence-electron chi connectivity index (χ0n) is 22.4. The summed E-state index contributed by atoms with van der Waals surface area (Å²) in [6, 6.07) is 6.83. The predicted molar refractivity (Wildman–Crippen MR) is 138 cm³/mol. The van der Waals surface area contributed by atoms with Gasteiger partial charge in [-0.15, -0.1) is 0 Å². The first-order chi connectivity index (χ1) is 18.8. The van der Waals surface area contributed by atoms with Gasteiger partial charge in [0.05, 0.1) is 29.6 Å². The molecule has 216 valence electrons. The Balaban J connectivity index is 0.000000559. The Morgan fingerprint density at radius 1 is 1.12 bits per heavy atom. The standard InChI is InChI=1S/C24H30FN7O.C2HF3O2/c1-16(2)27-23-24(29-21-6-7-32(17(3)33)15-22(21)28-23)31-10-8-30(9-11-31)14-19-5-4-18(13-26)12-20(19)25;3-2(4,5)1(6)7/h4-5,12,16H,6-11,14-15H2,1-3H3,(H,27,28);(H,6,7). The molecule has 1 saturated heterocycles. The number of carboxylic acids is 1. The van der Waals surface area contributed by atoms with Gasteiger partial charge in [-0.1, -0.05) is 6.07 Å². The molecule has 2 aliphatic heterocycles.